The molecule has 37 heavy (non-hydrogen) atoms. The van der Waals surface area contributed by atoms with E-state index in [2.05, 4.69) is 22.6 Å². The van der Waals surface area contributed by atoms with Gasteiger partial charge in [-0.15, -0.1) is 0 Å². The molecule has 0 radical (unpaired) electrons. The Bertz CT molecular complexity index is 1080. The van der Waals surface area contributed by atoms with E-state index in [4.69, 9.17) is 9.57 Å². The third kappa shape index (κ3) is 7.88. The van der Waals surface area contributed by atoms with Crippen LogP contribution in [0.25, 0.3) is 0 Å². The van der Waals surface area contributed by atoms with Crippen LogP contribution >= 0.6 is 0 Å². The highest BCUT2D eigenvalue weighted by Gasteiger charge is 2.34. The molecule has 1 saturated heterocycles. The molecule has 196 valence electrons. The van der Waals surface area contributed by atoms with Crippen LogP contribution in [0.2, 0.25) is 0 Å². The van der Waals surface area contributed by atoms with E-state index in [-0.39, 0.29) is 25.0 Å². The van der Waals surface area contributed by atoms with Crippen molar-refractivity contribution < 1.29 is 19.2 Å². The maximum Gasteiger partial charge on any atom is 0.320 e. The summed E-state index contributed by atoms with van der Waals surface area (Å²) in [6, 6.07) is 17.5. The number of carbonyl (C=O) groups excluding carboxylic acids is 2. The number of hydrogen-bond donors (Lipinski definition) is 1. The van der Waals surface area contributed by atoms with Crippen molar-refractivity contribution in [3.05, 3.63) is 71.3 Å². The first-order valence-electron chi connectivity index (χ1n) is 12.9. The molecule has 0 bridgehead atoms. The van der Waals surface area contributed by atoms with Crippen LogP contribution in [0.1, 0.15) is 42.9 Å². The zero-order valence-electron chi connectivity index (χ0n) is 21.3. The Morgan fingerprint density at radius 1 is 1.11 bits per heavy atom. The Kier molecular flexibility index (Phi) is 9.65. The van der Waals surface area contributed by atoms with Gasteiger partial charge in [0.05, 0.1) is 18.5 Å². The maximum atomic E-state index is 13.0. The number of nitrogens with one attached hydrogen (secondary N) is 1. The number of ether oxygens (including phenoxy) is 1. The van der Waals surface area contributed by atoms with Gasteiger partial charge < -0.3 is 19.9 Å². The Balaban J connectivity index is 1.17. The molecule has 0 aliphatic carbocycles. The molecule has 1 unspecified atom stereocenters. The summed E-state index contributed by atoms with van der Waals surface area (Å²) in [5.41, 5.74) is 6.69. The average Bonchev–Trinajstić information content (AvgIpc) is 3.43. The van der Waals surface area contributed by atoms with E-state index in [1.807, 2.05) is 59.5 Å². The van der Waals surface area contributed by atoms with Crippen LogP contribution in [0.4, 0.5) is 0 Å². The number of unbranched alkanes of at least 4 members (excludes halogenated alkanes) is 1. The molecule has 4 rings (SSSR count). The van der Waals surface area contributed by atoms with Crippen LogP contribution in [0.3, 0.4) is 0 Å². The fourth-order valence-electron chi connectivity index (χ4n) is 4.18. The summed E-state index contributed by atoms with van der Waals surface area (Å²) in [7, 11) is 0. The zero-order valence-corrected chi connectivity index (χ0v) is 21.3. The molecule has 1 amide bonds. The van der Waals surface area contributed by atoms with Crippen LogP contribution in [0.15, 0.2) is 64.9 Å². The molecular formula is C28H35N5O4. The van der Waals surface area contributed by atoms with Crippen molar-refractivity contribution in [2.24, 2.45) is 10.3 Å². The SMILES string of the molecule is CCCCN/N=C/c1ccc(C2=NOC(C(=O)N3CCN(CC(=O)OCc4ccccc4)CC3)C2)cc1. The minimum atomic E-state index is -0.610. The van der Waals surface area contributed by atoms with Gasteiger partial charge in [0.15, 0.2) is 0 Å². The third-order valence-corrected chi connectivity index (χ3v) is 6.41. The van der Waals surface area contributed by atoms with E-state index in [1.54, 1.807) is 11.1 Å². The highest BCUT2D eigenvalue weighted by Crippen LogP contribution is 2.19. The number of hydrogen-bond acceptors (Lipinski definition) is 8. The number of esters is 1. The highest BCUT2D eigenvalue weighted by molar-refractivity contribution is 6.04. The van der Waals surface area contributed by atoms with Gasteiger partial charge in [0.25, 0.3) is 5.91 Å². The first kappa shape index (κ1) is 26.3. The minimum absolute atomic E-state index is 0.0630. The molecule has 0 aromatic heterocycles. The molecule has 2 aliphatic heterocycles. The van der Waals surface area contributed by atoms with Gasteiger partial charge in [-0.25, -0.2) is 0 Å². The summed E-state index contributed by atoms with van der Waals surface area (Å²) in [4.78, 5) is 34.5. The Morgan fingerprint density at radius 3 is 2.59 bits per heavy atom. The van der Waals surface area contributed by atoms with Crippen LogP contribution in [-0.4, -0.2) is 79.0 Å². The molecule has 9 heteroatoms. The van der Waals surface area contributed by atoms with Crippen LogP contribution in [-0.2, 0) is 25.8 Å². The maximum absolute atomic E-state index is 13.0. The van der Waals surface area contributed by atoms with E-state index < -0.39 is 6.10 Å². The largest absolute Gasteiger partial charge is 0.460 e. The van der Waals surface area contributed by atoms with Gasteiger partial charge in [0.1, 0.15) is 6.61 Å². The number of oxime groups is 1. The Hall–Kier alpha value is -3.72. The number of piperazine rings is 1. The second kappa shape index (κ2) is 13.5. The lowest BCUT2D eigenvalue weighted by Gasteiger charge is -2.34. The number of hydrazone groups is 1. The normalized spacial score (nSPS) is 17.9. The first-order valence-corrected chi connectivity index (χ1v) is 12.9. The van der Waals surface area contributed by atoms with Gasteiger partial charge in [-0.05, 0) is 23.1 Å². The summed E-state index contributed by atoms with van der Waals surface area (Å²) in [5.74, 6) is -0.321. The Morgan fingerprint density at radius 2 is 1.86 bits per heavy atom. The number of carbonyl (C=O) groups is 2. The molecule has 9 nitrogen and oxygen atoms in total. The summed E-state index contributed by atoms with van der Waals surface area (Å²) in [6.07, 6.45) is 3.85. The van der Waals surface area contributed by atoms with Gasteiger partial charge in [-0.2, -0.15) is 5.10 Å². The molecule has 1 fully saturated rings. The number of nitrogens with zero attached hydrogens (tertiary/aromatic N) is 4. The van der Waals surface area contributed by atoms with E-state index >= 15 is 0 Å². The minimum Gasteiger partial charge on any atom is -0.460 e. The quantitative estimate of drug-likeness (QED) is 0.218. The second-order valence-corrected chi connectivity index (χ2v) is 9.23. The lowest BCUT2D eigenvalue weighted by atomic mass is 10.0. The van der Waals surface area contributed by atoms with Crippen molar-refractivity contribution in [1.82, 2.24) is 15.2 Å². The number of benzene rings is 2. The fourth-order valence-corrected chi connectivity index (χ4v) is 4.18. The molecule has 1 N–H and O–H groups in total. The van der Waals surface area contributed by atoms with E-state index in [9.17, 15) is 9.59 Å². The molecule has 2 aromatic rings. The van der Waals surface area contributed by atoms with Crippen molar-refractivity contribution in [3.8, 4) is 0 Å². The second-order valence-electron chi connectivity index (χ2n) is 9.23. The van der Waals surface area contributed by atoms with E-state index in [1.165, 1.54) is 0 Å². The van der Waals surface area contributed by atoms with Gasteiger partial charge in [-0.3, -0.25) is 14.5 Å². The molecule has 1 atom stereocenters. The predicted octanol–water partition coefficient (Wildman–Crippen LogP) is 2.79. The van der Waals surface area contributed by atoms with Gasteiger partial charge in [-0.1, -0.05) is 73.1 Å². The topological polar surface area (TPSA) is 95.8 Å². The van der Waals surface area contributed by atoms with Crippen molar-refractivity contribution in [3.63, 3.8) is 0 Å². The van der Waals surface area contributed by atoms with Gasteiger partial charge in [0.2, 0.25) is 6.10 Å². The smallest absolute Gasteiger partial charge is 0.320 e. The summed E-state index contributed by atoms with van der Waals surface area (Å²) in [6.45, 7) is 5.81. The van der Waals surface area contributed by atoms with Crippen molar-refractivity contribution in [2.45, 2.75) is 38.9 Å². The molecule has 2 heterocycles. The lowest BCUT2D eigenvalue weighted by molar-refractivity contribution is -0.148. The monoisotopic (exact) mass is 505 g/mol. The third-order valence-electron chi connectivity index (χ3n) is 6.41. The zero-order chi connectivity index (χ0) is 25.9. The molecule has 0 spiro atoms. The summed E-state index contributed by atoms with van der Waals surface area (Å²) < 4.78 is 5.37. The number of amides is 1. The van der Waals surface area contributed by atoms with E-state index in [0.29, 0.717) is 32.6 Å². The summed E-state index contributed by atoms with van der Waals surface area (Å²) >= 11 is 0. The molecular weight excluding hydrogens is 470 g/mol. The highest BCUT2D eigenvalue weighted by atomic mass is 16.6. The van der Waals surface area contributed by atoms with E-state index in [0.717, 1.165) is 41.8 Å². The molecule has 2 aliphatic rings. The first-order chi connectivity index (χ1) is 18.1. The van der Waals surface area contributed by atoms with Crippen LogP contribution in [0.5, 0.6) is 0 Å². The van der Waals surface area contributed by atoms with Crippen molar-refractivity contribution in [2.75, 3.05) is 39.3 Å². The van der Waals surface area contributed by atoms with Crippen molar-refractivity contribution >= 4 is 23.8 Å². The predicted molar refractivity (Wildman–Crippen MR) is 142 cm³/mol. The molecule has 0 saturated carbocycles. The lowest BCUT2D eigenvalue weighted by Crippen LogP contribution is -2.52. The number of rotatable bonds is 11. The standard InChI is InChI=1S/C28H35N5O4/c1-2-3-13-29-30-19-22-9-11-24(12-10-22)25-18-26(37-31-25)28(35)33-16-14-32(15-17-33)20-27(34)36-21-23-7-5-4-6-8-23/h4-12,19,26,29H,2-3,13-18,20-21H2,1H3/b30-19+. The van der Waals surface area contributed by atoms with Crippen LogP contribution in [0, 0.1) is 0 Å². The summed E-state index contributed by atoms with van der Waals surface area (Å²) in [5, 5.41) is 8.41. The fraction of sp³-hybridized carbons (Fsp3) is 0.429. The average molecular weight is 506 g/mol. The van der Waals surface area contributed by atoms with Crippen LogP contribution < -0.4 is 5.43 Å². The van der Waals surface area contributed by atoms with Crippen molar-refractivity contribution in [1.29, 1.82) is 0 Å². The molecule has 2 aromatic carbocycles. The Labute approximate surface area is 218 Å². The van der Waals surface area contributed by atoms with Gasteiger partial charge >= 0.3 is 5.97 Å². The van der Waals surface area contributed by atoms with Gasteiger partial charge in [0, 0.05) is 39.1 Å².